The summed E-state index contributed by atoms with van der Waals surface area (Å²) in [7, 11) is 0. The fourth-order valence-corrected chi connectivity index (χ4v) is 2.62. The molecule has 8 heteroatoms. The number of fused-ring (bicyclic) bond motifs is 1. The largest absolute Gasteiger partial charge is 0.369 e. The van der Waals surface area contributed by atoms with Crippen molar-refractivity contribution in [1.82, 2.24) is 25.1 Å². The van der Waals surface area contributed by atoms with Crippen LogP contribution in [0.5, 0.6) is 0 Å². The first-order valence-electron chi connectivity index (χ1n) is 8.09. The minimum Gasteiger partial charge on any atom is -0.369 e. The summed E-state index contributed by atoms with van der Waals surface area (Å²) >= 11 is 0. The molecule has 0 fully saturated rings. The number of halogens is 1. The molecular weight excluding hydrogens is 335 g/mol. The summed E-state index contributed by atoms with van der Waals surface area (Å²) in [6.07, 6.45) is 3.76. The van der Waals surface area contributed by atoms with Crippen molar-refractivity contribution in [2.24, 2.45) is 0 Å². The lowest BCUT2D eigenvalue weighted by Gasteiger charge is -2.08. The second-order valence-electron chi connectivity index (χ2n) is 5.74. The van der Waals surface area contributed by atoms with Crippen LogP contribution in [0.25, 0.3) is 22.2 Å². The Morgan fingerprint density at radius 3 is 2.69 bits per heavy atom. The van der Waals surface area contributed by atoms with Gasteiger partial charge in [-0.05, 0) is 30.7 Å². The SMILES string of the molecule is Cc1noc(CCNc2ncnc3ncc(-c4ccc(F)cc4)cc23)n1. The fourth-order valence-electron chi connectivity index (χ4n) is 2.62. The zero-order valence-corrected chi connectivity index (χ0v) is 14.0. The van der Waals surface area contributed by atoms with E-state index < -0.39 is 0 Å². The van der Waals surface area contributed by atoms with Gasteiger partial charge in [0.15, 0.2) is 11.5 Å². The number of hydrogen-bond acceptors (Lipinski definition) is 7. The molecule has 0 aliphatic carbocycles. The van der Waals surface area contributed by atoms with Gasteiger partial charge in [-0.1, -0.05) is 17.3 Å². The molecule has 0 saturated carbocycles. The second-order valence-corrected chi connectivity index (χ2v) is 5.74. The van der Waals surface area contributed by atoms with Crippen LogP contribution in [-0.4, -0.2) is 31.6 Å². The molecule has 26 heavy (non-hydrogen) atoms. The summed E-state index contributed by atoms with van der Waals surface area (Å²) in [5.74, 6) is 1.58. The monoisotopic (exact) mass is 350 g/mol. The number of benzene rings is 1. The highest BCUT2D eigenvalue weighted by molar-refractivity contribution is 5.89. The predicted octanol–water partition coefficient (Wildman–Crippen LogP) is 3.18. The third kappa shape index (κ3) is 3.34. The summed E-state index contributed by atoms with van der Waals surface area (Å²) in [5, 5.41) is 7.81. The van der Waals surface area contributed by atoms with E-state index in [1.807, 2.05) is 6.07 Å². The lowest BCUT2D eigenvalue weighted by molar-refractivity contribution is 0.377. The van der Waals surface area contributed by atoms with Crippen LogP contribution in [0, 0.1) is 12.7 Å². The summed E-state index contributed by atoms with van der Waals surface area (Å²) in [4.78, 5) is 17.1. The quantitative estimate of drug-likeness (QED) is 0.591. The zero-order valence-electron chi connectivity index (χ0n) is 14.0. The highest BCUT2D eigenvalue weighted by Crippen LogP contribution is 2.25. The van der Waals surface area contributed by atoms with E-state index in [1.165, 1.54) is 18.5 Å². The summed E-state index contributed by atoms with van der Waals surface area (Å²) in [6.45, 7) is 2.36. The fraction of sp³-hybridized carbons (Fsp3) is 0.167. The van der Waals surface area contributed by atoms with Crippen LogP contribution in [-0.2, 0) is 6.42 Å². The van der Waals surface area contributed by atoms with E-state index in [9.17, 15) is 4.39 Å². The van der Waals surface area contributed by atoms with E-state index in [-0.39, 0.29) is 5.82 Å². The number of aryl methyl sites for hydroxylation is 1. The van der Waals surface area contributed by atoms with Crippen LogP contribution in [0.1, 0.15) is 11.7 Å². The van der Waals surface area contributed by atoms with Gasteiger partial charge in [-0.15, -0.1) is 0 Å². The van der Waals surface area contributed by atoms with Crippen molar-refractivity contribution in [3.8, 4) is 11.1 Å². The van der Waals surface area contributed by atoms with Crippen molar-refractivity contribution in [2.45, 2.75) is 13.3 Å². The van der Waals surface area contributed by atoms with E-state index in [1.54, 1.807) is 25.3 Å². The Kier molecular flexibility index (Phi) is 4.22. The minimum atomic E-state index is -0.274. The van der Waals surface area contributed by atoms with Gasteiger partial charge in [-0.2, -0.15) is 4.98 Å². The van der Waals surface area contributed by atoms with E-state index in [2.05, 4.69) is 30.4 Å². The summed E-state index contributed by atoms with van der Waals surface area (Å²) in [6, 6.07) is 8.22. The molecule has 0 saturated heterocycles. The molecule has 3 aromatic heterocycles. The van der Waals surface area contributed by atoms with Crippen LogP contribution in [0.15, 0.2) is 47.4 Å². The molecule has 0 amide bonds. The van der Waals surface area contributed by atoms with Crippen LogP contribution >= 0.6 is 0 Å². The van der Waals surface area contributed by atoms with Gasteiger partial charge in [0, 0.05) is 24.7 Å². The molecule has 0 radical (unpaired) electrons. The zero-order chi connectivity index (χ0) is 17.9. The van der Waals surface area contributed by atoms with Gasteiger partial charge >= 0.3 is 0 Å². The third-order valence-corrected chi connectivity index (χ3v) is 3.87. The standard InChI is InChI=1S/C18H15FN6O/c1-11-24-16(26-25-11)6-7-20-17-15-8-13(9-21-18(15)23-10-22-17)12-2-4-14(19)5-3-12/h2-5,8-10H,6-7H2,1H3,(H,20,21,22,23). The lowest BCUT2D eigenvalue weighted by atomic mass is 10.1. The normalized spacial score (nSPS) is 11.0. The Bertz CT molecular complexity index is 1050. The van der Waals surface area contributed by atoms with Crippen molar-refractivity contribution < 1.29 is 8.91 Å². The topological polar surface area (TPSA) is 89.6 Å². The van der Waals surface area contributed by atoms with Gasteiger partial charge in [0.05, 0.1) is 5.39 Å². The lowest BCUT2D eigenvalue weighted by Crippen LogP contribution is -2.07. The smallest absolute Gasteiger partial charge is 0.228 e. The molecule has 4 rings (SSSR count). The van der Waals surface area contributed by atoms with Gasteiger partial charge in [-0.3, -0.25) is 0 Å². The molecule has 3 heterocycles. The minimum absolute atomic E-state index is 0.274. The molecule has 0 atom stereocenters. The Morgan fingerprint density at radius 1 is 1.08 bits per heavy atom. The summed E-state index contributed by atoms with van der Waals surface area (Å²) in [5.41, 5.74) is 2.32. The molecule has 1 aromatic carbocycles. The number of nitrogens with one attached hydrogen (secondary N) is 1. The van der Waals surface area contributed by atoms with Gasteiger partial charge < -0.3 is 9.84 Å². The molecule has 0 aliphatic rings. The maximum absolute atomic E-state index is 13.1. The average Bonchev–Trinajstić information content (AvgIpc) is 3.07. The maximum Gasteiger partial charge on any atom is 0.228 e. The Hall–Kier alpha value is -3.42. The van der Waals surface area contributed by atoms with Crippen molar-refractivity contribution >= 4 is 16.9 Å². The Balaban J connectivity index is 1.59. The van der Waals surface area contributed by atoms with Crippen molar-refractivity contribution in [1.29, 1.82) is 0 Å². The molecule has 130 valence electrons. The van der Waals surface area contributed by atoms with Crippen LogP contribution in [0.4, 0.5) is 10.2 Å². The Labute approximate surface area is 148 Å². The maximum atomic E-state index is 13.1. The highest BCUT2D eigenvalue weighted by Gasteiger charge is 2.08. The molecule has 7 nitrogen and oxygen atoms in total. The van der Waals surface area contributed by atoms with Gasteiger partial charge in [0.25, 0.3) is 0 Å². The molecular formula is C18H15FN6O. The number of aromatic nitrogens is 5. The van der Waals surface area contributed by atoms with E-state index in [0.717, 1.165) is 16.5 Å². The molecule has 0 spiro atoms. The van der Waals surface area contributed by atoms with Crippen LogP contribution in [0.2, 0.25) is 0 Å². The first-order valence-corrected chi connectivity index (χ1v) is 8.09. The van der Waals surface area contributed by atoms with Crippen molar-refractivity contribution in [3.63, 3.8) is 0 Å². The van der Waals surface area contributed by atoms with Gasteiger partial charge in [-0.25, -0.2) is 19.3 Å². The number of pyridine rings is 1. The Morgan fingerprint density at radius 2 is 1.92 bits per heavy atom. The molecule has 0 bridgehead atoms. The predicted molar refractivity (Wildman–Crippen MR) is 94.0 cm³/mol. The van der Waals surface area contributed by atoms with Crippen LogP contribution < -0.4 is 5.32 Å². The third-order valence-electron chi connectivity index (χ3n) is 3.87. The number of hydrogen-bond donors (Lipinski definition) is 1. The van der Waals surface area contributed by atoms with Crippen molar-refractivity contribution in [3.05, 3.63) is 60.4 Å². The second kappa shape index (κ2) is 6.83. The first-order chi connectivity index (χ1) is 12.7. The number of anilines is 1. The van der Waals surface area contributed by atoms with Crippen molar-refractivity contribution in [2.75, 3.05) is 11.9 Å². The number of nitrogens with zero attached hydrogens (tertiary/aromatic N) is 5. The van der Waals surface area contributed by atoms with E-state index in [0.29, 0.717) is 36.1 Å². The molecule has 0 unspecified atom stereocenters. The van der Waals surface area contributed by atoms with Gasteiger partial charge in [0.2, 0.25) is 5.89 Å². The van der Waals surface area contributed by atoms with Gasteiger partial charge in [0.1, 0.15) is 18.0 Å². The molecule has 4 aromatic rings. The average molecular weight is 350 g/mol. The number of rotatable bonds is 5. The first kappa shape index (κ1) is 16.1. The van der Waals surface area contributed by atoms with E-state index >= 15 is 0 Å². The molecule has 0 aliphatic heterocycles. The molecule has 1 N–H and O–H groups in total. The summed E-state index contributed by atoms with van der Waals surface area (Å²) < 4.78 is 18.2. The van der Waals surface area contributed by atoms with Crippen LogP contribution in [0.3, 0.4) is 0 Å². The highest BCUT2D eigenvalue weighted by atomic mass is 19.1. The van der Waals surface area contributed by atoms with E-state index in [4.69, 9.17) is 4.52 Å².